The number of halogens is 2. The summed E-state index contributed by atoms with van der Waals surface area (Å²) in [7, 11) is 0. The molecule has 0 unspecified atom stereocenters. The lowest BCUT2D eigenvalue weighted by Gasteiger charge is -2.12. The van der Waals surface area contributed by atoms with Gasteiger partial charge in [0, 0.05) is 31.2 Å². The average molecular weight is 616 g/mol. The van der Waals surface area contributed by atoms with Gasteiger partial charge in [0.15, 0.2) is 0 Å². The molecule has 0 saturated heterocycles. The number of aromatic nitrogens is 1. The number of hydrazone groups is 1. The Balaban J connectivity index is 1.57. The molecular formula is C23H12Br2N4O3S2. The first-order valence-corrected chi connectivity index (χ1v) is 13.0. The minimum absolute atomic E-state index is 0.0221. The van der Waals surface area contributed by atoms with Crippen molar-refractivity contribution in [3.05, 3.63) is 96.2 Å². The summed E-state index contributed by atoms with van der Waals surface area (Å²) in [5, 5.41) is 17.9. The number of carbonyl (C=O) groups excluding carboxylic acids is 1. The largest absolute Gasteiger partial charge is 0.290 e. The van der Waals surface area contributed by atoms with E-state index in [0.29, 0.717) is 15.4 Å². The van der Waals surface area contributed by atoms with Gasteiger partial charge in [0.25, 0.3) is 11.6 Å². The number of rotatable bonds is 5. The number of amides is 1. The number of nitro benzene ring substituents is 1. The summed E-state index contributed by atoms with van der Waals surface area (Å²) in [6.45, 7) is 0. The second-order valence-electron chi connectivity index (χ2n) is 7.11. The summed E-state index contributed by atoms with van der Waals surface area (Å²) in [6, 6.07) is 19.4. The third kappa shape index (κ3) is 4.64. The highest BCUT2D eigenvalue weighted by Crippen LogP contribution is 2.34. The van der Waals surface area contributed by atoms with Gasteiger partial charge in [0.05, 0.1) is 26.2 Å². The van der Waals surface area contributed by atoms with Crippen LogP contribution in [0.25, 0.3) is 20.3 Å². The van der Waals surface area contributed by atoms with Crippen LogP contribution in [-0.2, 0) is 0 Å². The molecule has 1 amide bonds. The number of benzene rings is 3. The summed E-state index contributed by atoms with van der Waals surface area (Å²) in [5.41, 5.74) is 1.55. The number of nitro groups is 1. The zero-order chi connectivity index (χ0) is 23.8. The zero-order valence-corrected chi connectivity index (χ0v) is 21.8. The van der Waals surface area contributed by atoms with Crippen LogP contribution in [0, 0.1) is 10.1 Å². The lowest BCUT2D eigenvalue weighted by atomic mass is 10.2. The quantitative estimate of drug-likeness (QED) is 0.115. The minimum Gasteiger partial charge on any atom is -0.266 e. The van der Waals surface area contributed by atoms with Crippen LogP contribution in [0.4, 0.5) is 10.8 Å². The molecule has 2 aromatic heterocycles. The van der Waals surface area contributed by atoms with Crippen LogP contribution in [0.3, 0.4) is 0 Å². The number of carbonyl (C=O) groups is 1. The molecule has 168 valence electrons. The standard InChI is InChI=1S/C23H12Br2N4O3S2/c24-15-3-1-13(2-4-15)12-26-28(23-27-18-7-5-16(25)11-20(18)34-23)22(30)21-10-14-9-17(29(31)32)6-8-19(14)33-21/h1-12H/b26-12+. The van der Waals surface area contributed by atoms with Crippen LogP contribution >= 0.6 is 54.5 Å². The highest BCUT2D eigenvalue weighted by Gasteiger charge is 2.23. The minimum atomic E-state index is -0.452. The van der Waals surface area contributed by atoms with E-state index < -0.39 is 4.92 Å². The van der Waals surface area contributed by atoms with E-state index in [1.54, 1.807) is 18.3 Å². The van der Waals surface area contributed by atoms with Crippen molar-refractivity contribution < 1.29 is 9.72 Å². The molecule has 3 aromatic carbocycles. The van der Waals surface area contributed by atoms with E-state index in [2.05, 4.69) is 41.9 Å². The van der Waals surface area contributed by atoms with Crippen LogP contribution in [-0.4, -0.2) is 22.0 Å². The molecule has 0 radical (unpaired) electrons. The molecule has 0 spiro atoms. The Kier molecular flexibility index (Phi) is 6.26. The SMILES string of the molecule is O=C(c1cc2cc([N+](=O)[O-])ccc2s1)N(/N=C/c1ccc(Br)cc1)c1nc2ccc(Br)cc2s1. The Bertz CT molecular complexity index is 1600. The molecule has 11 heteroatoms. The van der Waals surface area contributed by atoms with Crippen molar-refractivity contribution in [2.24, 2.45) is 5.10 Å². The number of nitrogens with zero attached hydrogens (tertiary/aromatic N) is 4. The number of non-ortho nitro benzene ring substituents is 1. The van der Waals surface area contributed by atoms with Crippen molar-refractivity contribution in [3.8, 4) is 0 Å². The second-order valence-corrected chi connectivity index (χ2v) is 11.0. The molecule has 0 atom stereocenters. The fourth-order valence-corrected chi connectivity index (χ4v) is 5.90. The summed E-state index contributed by atoms with van der Waals surface area (Å²) in [5.74, 6) is -0.365. The Morgan fingerprint density at radius 2 is 1.74 bits per heavy atom. The van der Waals surface area contributed by atoms with Gasteiger partial charge in [-0.25, -0.2) is 4.98 Å². The lowest BCUT2D eigenvalue weighted by molar-refractivity contribution is -0.384. The summed E-state index contributed by atoms with van der Waals surface area (Å²) < 4.78 is 3.54. The molecule has 5 aromatic rings. The molecule has 7 nitrogen and oxygen atoms in total. The maximum absolute atomic E-state index is 13.6. The molecule has 34 heavy (non-hydrogen) atoms. The van der Waals surface area contributed by atoms with E-state index in [-0.39, 0.29) is 11.6 Å². The van der Waals surface area contributed by atoms with E-state index in [1.807, 2.05) is 42.5 Å². The molecule has 0 N–H and O–H groups in total. The molecule has 0 aliphatic heterocycles. The first-order valence-electron chi connectivity index (χ1n) is 9.75. The van der Waals surface area contributed by atoms with Gasteiger partial charge in [-0.05, 0) is 48.0 Å². The maximum atomic E-state index is 13.6. The fraction of sp³-hybridized carbons (Fsp3) is 0. The first kappa shape index (κ1) is 22.8. The smallest absolute Gasteiger partial charge is 0.266 e. The predicted molar refractivity (Wildman–Crippen MR) is 144 cm³/mol. The maximum Gasteiger partial charge on any atom is 0.290 e. The molecule has 0 saturated carbocycles. The van der Waals surface area contributed by atoms with Crippen LogP contribution in [0.1, 0.15) is 15.2 Å². The number of thiazole rings is 1. The molecule has 2 heterocycles. The normalized spacial score (nSPS) is 11.5. The number of fused-ring (bicyclic) bond motifs is 2. The van der Waals surface area contributed by atoms with Crippen molar-refractivity contribution in [1.29, 1.82) is 0 Å². The van der Waals surface area contributed by atoms with Crippen molar-refractivity contribution in [1.82, 2.24) is 4.98 Å². The van der Waals surface area contributed by atoms with Gasteiger partial charge in [-0.3, -0.25) is 14.9 Å². The summed E-state index contributed by atoms with van der Waals surface area (Å²) in [6.07, 6.45) is 1.60. The van der Waals surface area contributed by atoms with Gasteiger partial charge < -0.3 is 0 Å². The van der Waals surface area contributed by atoms with Crippen molar-refractivity contribution >= 4 is 97.8 Å². The third-order valence-corrected chi connectivity index (χ3v) is 7.95. The highest BCUT2D eigenvalue weighted by molar-refractivity contribution is 9.10. The lowest BCUT2D eigenvalue weighted by Crippen LogP contribution is -2.24. The van der Waals surface area contributed by atoms with E-state index in [1.165, 1.54) is 39.8 Å². The average Bonchev–Trinajstić information content (AvgIpc) is 3.43. The molecule has 0 fully saturated rings. The third-order valence-electron chi connectivity index (χ3n) is 4.83. The van der Waals surface area contributed by atoms with Crippen LogP contribution < -0.4 is 5.01 Å². The summed E-state index contributed by atoms with van der Waals surface area (Å²) in [4.78, 5) is 29.3. The first-order chi connectivity index (χ1) is 16.4. The van der Waals surface area contributed by atoms with Crippen molar-refractivity contribution in [3.63, 3.8) is 0 Å². The topological polar surface area (TPSA) is 88.7 Å². The number of hydrogen-bond donors (Lipinski definition) is 0. The number of hydrogen-bond acceptors (Lipinski definition) is 7. The Labute approximate surface area is 217 Å². The zero-order valence-electron chi connectivity index (χ0n) is 17.0. The van der Waals surface area contributed by atoms with E-state index >= 15 is 0 Å². The molecule has 0 aliphatic rings. The molecule has 5 rings (SSSR count). The number of thiophene rings is 1. The van der Waals surface area contributed by atoms with Gasteiger partial charge in [0.2, 0.25) is 5.13 Å². The molecule has 0 bridgehead atoms. The van der Waals surface area contributed by atoms with Gasteiger partial charge in [0.1, 0.15) is 0 Å². The summed E-state index contributed by atoms with van der Waals surface area (Å²) >= 11 is 9.48. The van der Waals surface area contributed by atoms with Crippen molar-refractivity contribution in [2.45, 2.75) is 0 Å². The number of anilines is 1. The molecular weight excluding hydrogens is 604 g/mol. The van der Waals surface area contributed by atoms with Gasteiger partial charge in [-0.1, -0.05) is 55.3 Å². The second kappa shape index (κ2) is 9.34. The highest BCUT2D eigenvalue weighted by atomic mass is 79.9. The monoisotopic (exact) mass is 614 g/mol. The Morgan fingerprint density at radius 3 is 2.50 bits per heavy atom. The van der Waals surface area contributed by atoms with E-state index in [4.69, 9.17) is 0 Å². The van der Waals surface area contributed by atoms with E-state index in [0.717, 1.165) is 29.4 Å². The Morgan fingerprint density at radius 1 is 0.971 bits per heavy atom. The van der Waals surface area contributed by atoms with Crippen LogP contribution in [0.15, 0.2) is 80.8 Å². The van der Waals surface area contributed by atoms with Gasteiger partial charge in [-0.15, -0.1) is 11.3 Å². The Hall–Kier alpha value is -2.99. The molecule has 0 aliphatic carbocycles. The van der Waals surface area contributed by atoms with Crippen molar-refractivity contribution in [2.75, 3.05) is 5.01 Å². The van der Waals surface area contributed by atoms with Gasteiger partial charge in [-0.2, -0.15) is 10.1 Å². The van der Waals surface area contributed by atoms with Crippen LogP contribution in [0.5, 0.6) is 0 Å². The fourth-order valence-electron chi connectivity index (χ4n) is 3.19. The predicted octanol–water partition coefficient (Wildman–Crippen LogP) is 7.63. The van der Waals surface area contributed by atoms with Gasteiger partial charge >= 0.3 is 0 Å². The van der Waals surface area contributed by atoms with E-state index in [9.17, 15) is 14.9 Å². The van der Waals surface area contributed by atoms with Crippen LogP contribution in [0.2, 0.25) is 0 Å².